The Morgan fingerprint density at radius 3 is 2.71 bits per heavy atom. The van der Waals surface area contributed by atoms with E-state index in [0.29, 0.717) is 0 Å². The van der Waals surface area contributed by atoms with E-state index in [4.69, 9.17) is 5.73 Å². The third-order valence-electron chi connectivity index (χ3n) is 3.59. The quantitative estimate of drug-likeness (QED) is 0.774. The molecular weight excluding hydrogens is 208 g/mol. The van der Waals surface area contributed by atoms with Gasteiger partial charge in [-0.1, -0.05) is 39.5 Å². The van der Waals surface area contributed by atoms with Crippen LogP contribution in [0.4, 0.5) is 0 Å². The standard InChI is InChI=1S/C15H26N2/c1-4-6-7-13(5-2)10-15(16)14-8-9-17-11-12(14)3/h8-9,11,13,15H,4-7,10,16H2,1-3H3. The van der Waals surface area contributed by atoms with E-state index in [1.807, 2.05) is 12.4 Å². The van der Waals surface area contributed by atoms with E-state index in [1.54, 1.807) is 0 Å². The fourth-order valence-corrected chi connectivity index (χ4v) is 2.37. The summed E-state index contributed by atoms with van der Waals surface area (Å²) in [6.45, 7) is 6.61. The number of hydrogen-bond acceptors (Lipinski definition) is 2. The summed E-state index contributed by atoms with van der Waals surface area (Å²) in [6.07, 6.45) is 9.99. The van der Waals surface area contributed by atoms with Crippen molar-refractivity contribution >= 4 is 0 Å². The van der Waals surface area contributed by atoms with Crippen LogP contribution >= 0.6 is 0 Å². The van der Waals surface area contributed by atoms with E-state index >= 15 is 0 Å². The molecule has 1 rings (SSSR count). The maximum atomic E-state index is 6.32. The molecule has 2 atom stereocenters. The third kappa shape index (κ3) is 4.47. The summed E-state index contributed by atoms with van der Waals surface area (Å²) in [5.74, 6) is 0.762. The van der Waals surface area contributed by atoms with E-state index in [-0.39, 0.29) is 6.04 Å². The molecular formula is C15H26N2. The summed E-state index contributed by atoms with van der Waals surface area (Å²) in [7, 11) is 0. The van der Waals surface area contributed by atoms with Crippen molar-refractivity contribution in [3.05, 3.63) is 29.6 Å². The highest BCUT2D eigenvalue weighted by atomic mass is 14.7. The first kappa shape index (κ1) is 14.2. The van der Waals surface area contributed by atoms with E-state index in [9.17, 15) is 0 Å². The zero-order valence-electron chi connectivity index (χ0n) is 11.4. The van der Waals surface area contributed by atoms with E-state index in [2.05, 4.69) is 31.8 Å². The first-order chi connectivity index (χ1) is 8.19. The van der Waals surface area contributed by atoms with Crippen LogP contribution in [-0.2, 0) is 0 Å². The Balaban J connectivity index is 2.58. The summed E-state index contributed by atoms with van der Waals surface area (Å²) in [5, 5.41) is 0. The van der Waals surface area contributed by atoms with Crippen LogP contribution in [0.3, 0.4) is 0 Å². The molecule has 0 fully saturated rings. The van der Waals surface area contributed by atoms with Crippen LogP contribution < -0.4 is 5.73 Å². The largest absolute Gasteiger partial charge is 0.324 e. The lowest BCUT2D eigenvalue weighted by Crippen LogP contribution is -2.16. The average molecular weight is 234 g/mol. The molecule has 2 heteroatoms. The second-order valence-electron chi connectivity index (χ2n) is 4.99. The predicted octanol–water partition coefficient (Wildman–Crippen LogP) is 4.00. The molecule has 0 aromatic carbocycles. The van der Waals surface area contributed by atoms with Gasteiger partial charge in [-0.15, -0.1) is 0 Å². The molecule has 0 amide bonds. The number of nitrogens with two attached hydrogens (primary N) is 1. The normalized spacial score (nSPS) is 14.6. The Hall–Kier alpha value is -0.890. The van der Waals surface area contributed by atoms with Gasteiger partial charge in [0.1, 0.15) is 0 Å². The van der Waals surface area contributed by atoms with Crippen molar-refractivity contribution in [3.8, 4) is 0 Å². The van der Waals surface area contributed by atoms with Crippen LogP contribution in [0.2, 0.25) is 0 Å². The molecule has 0 aliphatic carbocycles. The Labute approximate surface area is 106 Å². The Morgan fingerprint density at radius 1 is 1.35 bits per heavy atom. The summed E-state index contributed by atoms with van der Waals surface area (Å²) in [6, 6.07) is 2.23. The van der Waals surface area contributed by atoms with Crippen molar-refractivity contribution < 1.29 is 0 Å². The van der Waals surface area contributed by atoms with Crippen molar-refractivity contribution in [2.45, 2.75) is 58.9 Å². The van der Waals surface area contributed by atoms with Gasteiger partial charge in [0.15, 0.2) is 0 Å². The first-order valence-electron chi connectivity index (χ1n) is 6.85. The monoisotopic (exact) mass is 234 g/mol. The van der Waals surface area contributed by atoms with Crippen LogP contribution in [0.5, 0.6) is 0 Å². The van der Waals surface area contributed by atoms with Gasteiger partial charge in [-0.3, -0.25) is 4.98 Å². The van der Waals surface area contributed by atoms with Crippen molar-refractivity contribution in [2.24, 2.45) is 11.7 Å². The van der Waals surface area contributed by atoms with E-state index in [1.165, 1.54) is 36.8 Å². The number of unbranched alkanes of at least 4 members (excludes halogenated alkanes) is 1. The first-order valence-corrected chi connectivity index (χ1v) is 6.85. The topological polar surface area (TPSA) is 38.9 Å². The van der Waals surface area contributed by atoms with E-state index < -0.39 is 0 Å². The Kier molecular flexibility index (Phi) is 6.20. The van der Waals surface area contributed by atoms with Crippen LogP contribution in [0.1, 0.15) is 63.1 Å². The van der Waals surface area contributed by atoms with E-state index in [0.717, 1.165) is 12.3 Å². The highest BCUT2D eigenvalue weighted by Gasteiger charge is 2.14. The molecule has 0 aliphatic rings. The smallest absolute Gasteiger partial charge is 0.0301 e. The molecule has 0 bridgehead atoms. The van der Waals surface area contributed by atoms with Gasteiger partial charge in [-0.2, -0.15) is 0 Å². The lowest BCUT2D eigenvalue weighted by Gasteiger charge is -2.21. The minimum absolute atomic E-state index is 0.166. The highest BCUT2D eigenvalue weighted by molar-refractivity contribution is 5.24. The molecule has 1 heterocycles. The summed E-state index contributed by atoms with van der Waals surface area (Å²) >= 11 is 0. The molecule has 0 saturated carbocycles. The second-order valence-corrected chi connectivity index (χ2v) is 4.99. The molecule has 96 valence electrons. The van der Waals surface area contributed by atoms with Crippen molar-refractivity contribution in [1.82, 2.24) is 4.98 Å². The number of aryl methyl sites for hydroxylation is 1. The van der Waals surface area contributed by atoms with Crippen molar-refractivity contribution in [2.75, 3.05) is 0 Å². The molecule has 1 aromatic rings. The molecule has 17 heavy (non-hydrogen) atoms. The second kappa shape index (κ2) is 7.44. The Bertz CT molecular complexity index is 322. The van der Waals surface area contributed by atoms with Crippen LogP contribution in [0.25, 0.3) is 0 Å². The fraction of sp³-hybridized carbons (Fsp3) is 0.667. The van der Waals surface area contributed by atoms with Crippen LogP contribution in [0.15, 0.2) is 18.5 Å². The summed E-state index contributed by atoms with van der Waals surface area (Å²) in [5.41, 5.74) is 8.79. The van der Waals surface area contributed by atoms with Crippen LogP contribution in [-0.4, -0.2) is 4.98 Å². The van der Waals surface area contributed by atoms with Gasteiger partial charge in [-0.25, -0.2) is 0 Å². The molecule has 0 spiro atoms. The molecule has 0 saturated heterocycles. The minimum atomic E-state index is 0.166. The molecule has 2 nitrogen and oxygen atoms in total. The van der Waals surface area contributed by atoms with Gasteiger partial charge in [0, 0.05) is 18.4 Å². The SMILES string of the molecule is CCCCC(CC)CC(N)c1ccncc1C. The Morgan fingerprint density at radius 2 is 2.12 bits per heavy atom. The van der Waals surface area contributed by atoms with Gasteiger partial charge in [0.2, 0.25) is 0 Å². The molecule has 2 N–H and O–H groups in total. The van der Waals surface area contributed by atoms with Crippen molar-refractivity contribution in [1.29, 1.82) is 0 Å². The van der Waals surface area contributed by atoms with Gasteiger partial charge in [0.05, 0.1) is 0 Å². The van der Waals surface area contributed by atoms with Gasteiger partial charge < -0.3 is 5.73 Å². The maximum absolute atomic E-state index is 6.32. The molecule has 1 aromatic heterocycles. The minimum Gasteiger partial charge on any atom is -0.324 e. The lowest BCUT2D eigenvalue weighted by molar-refractivity contribution is 0.388. The lowest BCUT2D eigenvalue weighted by atomic mass is 9.89. The number of hydrogen-bond donors (Lipinski definition) is 1. The van der Waals surface area contributed by atoms with Gasteiger partial charge >= 0.3 is 0 Å². The van der Waals surface area contributed by atoms with Gasteiger partial charge in [0.25, 0.3) is 0 Å². The summed E-state index contributed by atoms with van der Waals surface area (Å²) in [4.78, 5) is 4.12. The molecule has 2 unspecified atom stereocenters. The predicted molar refractivity (Wildman–Crippen MR) is 73.8 cm³/mol. The summed E-state index contributed by atoms with van der Waals surface area (Å²) < 4.78 is 0. The zero-order chi connectivity index (χ0) is 12.7. The highest BCUT2D eigenvalue weighted by Crippen LogP contribution is 2.26. The molecule has 0 aliphatic heterocycles. The zero-order valence-corrected chi connectivity index (χ0v) is 11.4. The third-order valence-corrected chi connectivity index (χ3v) is 3.59. The average Bonchev–Trinajstić information content (AvgIpc) is 2.34. The molecule has 0 radical (unpaired) electrons. The number of nitrogens with zero attached hydrogens (tertiary/aromatic N) is 1. The maximum Gasteiger partial charge on any atom is 0.0301 e. The number of aromatic nitrogens is 1. The van der Waals surface area contributed by atoms with Gasteiger partial charge in [-0.05, 0) is 36.5 Å². The van der Waals surface area contributed by atoms with Crippen LogP contribution in [0, 0.1) is 12.8 Å². The van der Waals surface area contributed by atoms with Crippen molar-refractivity contribution in [3.63, 3.8) is 0 Å². The number of pyridine rings is 1. The number of rotatable bonds is 7. The fourth-order valence-electron chi connectivity index (χ4n) is 2.37.